The average molecular weight is 448 g/mol. The van der Waals surface area contributed by atoms with Crippen molar-refractivity contribution in [1.82, 2.24) is 14.5 Å². The summed E-state index contributed by atoms with van der Waals surface area (Å²) in [4.78, 5) is 12.5. The Kier molecular flexibility index (Phi) is 5.40. The number of carbonyl (C=O) groups excluding carboxylic acids is 1. The summed E-state index contributed by atoms with van der Waals surface area (Å²) in [7, 11) is -2.71. The molecule has 4 rings (SSSR count). The van der Waals surface area contributed by atoms with Crippen LogP contribution in [0.5, 0.6) is 11.5 Å². The third-order valence-electron chi connectivity index (χ3n) is 4.67. The van der Waals surface area contributed by atoms with Crippen molar-refractivity contribution in [3.8, 4) is 11.5 Å². The maximum atomic E-state index is 12.8. The van der Waals surface area contributed by atoms with E-state index in [0.29, 0.717) is 30.9 Å². The summed E-state index contributed by atoms with van der Waals surface area (Å²) in [6, 6.07) is 9.45. The van der Waals surface area contributed by atoms with E-state index in [2.05, 4.69) is 9.82 Å². The van der Waals surface area contributed by atoms with Crippen molar-refractivity contribution in [3.63, 3.8) is 0 Å². The fraction of sp³-hybridized carbons (Fsp3) is 0.200. The number of rotatable bonds is 6. The minimum absolute atomic E-state index is 0.138. The molecule has 0 saturated heterocycles. The second kappa shape index (κ2) is 8.00. The van der Waals surface area contributed by atoms with Gasteiger partial charge in [-0.25, -0.2) is 13.1 Å². The Hall–Kier alpha value is -3.04. The molecule has 1 aromatic heterocycles. The SMILES string of the molecule is COc1cc(C(=O)NS(=O)(=O)c2cc(Cl)cc3c2OCC3)ccc1Cn1cccn1. The van der Waals surface area contributed by atoms with E-state index in [0.717, 1.165) is 5.56 Å². The number of aromatic nitrogens is 2. The number of fused-ring (bicyclic) bond motifs is 1. The summed E-state index contributed by atoms with van der Waals surface area (Å²) in [6.07, 6.45) is 4.02. The monoisotopic (exact) mass is 447 g/mol. The van der Waals surface area contributed by atoms with Crippen molar-refractivity contribution in [2.45, 2.75) is 17.9 Å². The normalized spacial score (nSPS) is 12.9. The number of sulfonamides is 1. The van der Waals surface area contributed by atoms with Crippen molar-refractivity contribution < 1.29 is 22.7 Å². The van der Waals surface area contributed by atoms with Crippen LogP contribution >= 0.6 is 11.6 Å². The van der Waals surface area contributed by atoms with Crippen LogP contribution < -0.4 is 14.2 Å². The predicted molar refractivity (Wildman–Crippen MR) is 110 cm³/mol. The molecule has 1 N–H and O–H groups in total. The number of halogens is 1. The summed E-state index contributed by atoms with van der Waals surface area (Å²) in [5, 5.41) is 4.40. The van der Waals surface area contributed by atoms with E-state index < -0.39 is 15.9 Å². The maximum absolute atomic E-state index is 12.8. The highest BCUT2D eigenvalue weighted by molar-refractivity contribution is 7.90. The van der Waals surface area contributed by atoms with E-state index in [1.165, 1.54) is 25.3 Å². The molecule has 0 atom stereocenters. The fourth-order valence-corrected chi connectivity index (χ4v) is 4.75. The Morgan fingerprint density at radius 1 is 1.33 bits per heavy atom. The Morgan fingerprint density at radius 2 is 2.17 bits per heavy atom. The molecule has 0 radical (unpaired) electrons. The Labute approximate surface area is 178 Å². The first-order valence-electron chi connectivity index (χ1n) is 9.04. The van der Waals surface area contributed by atoms with Gasteiger partial charge in [0.2, 0.25) is 0 Å². The molecule has 0 aliphatic carbocycles. The molecule has 30 heavy (non-hydrogen) atoms. The Bertz CT molecular complexity index is 1210. The van der Waals surface area contributed by atoms with Gasteiger partial charge < -0.3 is 9.47 Å². The third-order valence-corrected chi connectivity index (χ3v) is 6.23. The smallest absolute Gasteiger partial charge is 0.268 e. The number of hydrogen-bond donors (Lipinski definition) is 1. The molecule has 0 bridgehead atoms. The lowest BCUT2D eigenvalue weighted by molar-refractivity contribution is 0.0981. The van der Waals surface area contributed by atoms with E-state index in [4.69, 9.17) is 21.1 Å². The van der Waals surface area contributed by atoms with Gasteiger partial charge in [-0.2, -0.15) is 5.10 Å². The number of nitrogens with one attached hydrogen (secondary N) is 1. The van der Waals surface area contributed by atoms with Gasteiger partial charge in [0.1, 0.15) is 16.4 Å². The zero-order valence-corrected chi connectivity index (χ0v) is 17.5. The summed E-state index contributed by atoms with van der Waals surface area (Å²) in [5.74, 6) is -0.111. The first-order chi connectivity index (χ1) is 14.4. The largest absolute Gasteiger partial charge is 0.496 e. The quantitative estimate of drug-likeness (QED) is 0.623. The minimum Gasteiger partial charge on any atom is -0.496 e. The zero-order valence-electron chi connectivity index (χ0n) is 16.0. The standard InChI is InChI=1S/C20H18ClN3O5S/c1-28-17-10-14(3-4-15(17)12-24-7-2-6-22-24)20(25)23-30(26,27)18-11-16(21)9-13-5-8-29-19(13)18/h2-4,6-7,9-11H,5,8,12H2,1H3,(H,23,25). The molecule has 156 valence electrons. The minimum atomic E-state index is -4.19. The van der Waals surface area contributed by atoms with Gasteiger partial charge in [0, 0.05) is 40.5 Å². The molecular weight excluding hydrogens is 430 g/mol. The van der Waals surface area contributed by atoms with E-state index in [9.17, 15) is 13.2 Å². The highest BCUT2D eigenvalue weighted by Gasteiger charge is 2.28. The fourth-order valence-electron chi connectivity index (χ4n) is 3.26. The second-order valence-corrected chi connectivity index (χ2v) is 8.74. The molecule has 3 aromatic rings. The van der Waals surface area contributed by atoms with Gasteiger partial charge in [0.05, 0.1) is 20.3 Å². The van der Waals surface area contributed by atoms with Crippen LogP contribution in [0.3, 0.4) is 0 Å². The molecule has 10 heteroatoms. The molecule has 0 saturated carbocycles. The number of nitrogens with zero attached hydrogens (tertiary/aromatic N) is 2. The lowest BCUT2D eigenvalue weighted by atomic mass is 10.1. The lowest BCUT2D eigenvalue weighted by Crippen LogP contribution is -2.31. The van der Waals surface area contributed by atoms with E-state index in [1.54, 1.807) is 35.3 Å². The van der Waals surface area contributed by atoms with Gasteiger partial charge >= 0.3 is 0 Å². The van der Waals surface area contributed by atoms with Crippen molar-refractivity contribution in [2.75, 3.05) is 13.7 Å². The number of ether oxygens (including phenoxy) is 2. The van der Waals surface area contributed by atoms with Crippen LogP contribution in [-0.4, -0.2) is 37.8 Å². The molecule has 2 aromatic carbocycles. The second-order valence-electron chi connectivity index (χ2n) is 6.66. The number of methoxy groups -OCH3 is 1. The number of hydrogen-bond acceptors (Lipinski definition) is 6. The van der Waals surface area contributed by atoms with Gasteiger partial charge in [0.15, 0.2) is 0 Å². The summed E-state index contributed by atoms with van der Waals surface area (Å²) in [5.41, 5.74) is 1.63. The molecule has 1 aliphatic rings. The van der Waals surface area contributed by atoms with Gasteiger partial charge in [-0.3, -0.25) is 9.48 Å². The third kappa shape index (κ3) is 3.99. The lowest BCUT2D eigenvalue weighted by Gasteiger charge is -2.13. The van der Waals surface area contributed by atoms with Crippen molar-refractivity contribution in [2.24, 2.45) is 0 Å². The van der Waals surface area contributed by atoms with Gasteiger partial charge in [-0.15, -0.1) is 0 Å². The van der Waals surface area contributed by atoms with Gasteiger partial charge in [-0.05, 0) is 30.3 Å². The molecule has 1 aliphatic heterocycles. The van der Waals surface area contributed by atoms with Gasteiger partial charge in [-0.1, -0.05) is 17.7 Å². The van der Waals surface area contributed by atoms with Crippen LogP contribution in [-0.2, 0) is 23.0 Å². The number of benzene rings is 2. The van der Waals surface area contributed by atoms with E-state index in [-0.39, 0.29) is 21.2 Å². The summed E-state index contributed by atoms with van der Waals surface area (Å²) >= 11 is 6.05. The van der Waals surface area contributed by atoms with Crippen LogP contribution in [0.25, 0.3) is 0 Å². The Morgan fingerprint density at radius 3 is 2.90 bits per heavy atom. The topological polar surface area (TPSA) is 99.5 Å². The Balaban J connectivity index is 1.59. The molecular formula is C20H18ClN3O5S. The number of carbonyl (C=O) groups is 1. The van der Waals surface area contributed by atoms with Gasteiger partial charge in [0.25, 0.3) is 15.9 Å². The molecule has 1 amide bonds. The van der Waals surface area contributed by atoms with Crippen LogP contribution in [0.4, 0.5) is 0 Å². The van der Waals surface area contributed by atoms with Crippen LogP contribution in [0.1, 0.15) is 21.5 Å². The average Bonchev–Trinajstić information content (AvgIpc) is 3.38. The first kappa shape index (κ1) is 20.2. The highest BCUT2D eigenvalue weighted by Crippen LogP contribution is 2.35. The summed E-state index contributed by atoms with van der Waals surface area (Å²) in [6.45, 7) is 0.809. The number of amides is 1. The van der Waals surface area contributed by atoms with E-state index in [1.807, 2.05) is 0 Å². The van der Waals surface area contributed by atoms with Crippen LogP contribution in [0, 0.1) is 0 Å². The molecule has 8 nitrogen and oxygen atoms in total. The van der Waals surface area contributed by atoms with Crippen molar-refractivity contribution in [3.05, 3.63) is 70.5 Å². The molecule has 0 fully saturated rings. The molecule has 0 spiro atoms. The molecule has 2 heterocycles. The predicted octanol–water partition coefficient (Wildman–Crippen LogP) is 2.65. The van der Waals surface area contributed by atoms with Crippen LogP contribution in [0.2, 0.25) is 5.02 Å². The molecule has 0 unspecified atom stereocenters. The van der Waals surface area contributed by atoms with Crippen molar-refractivity contribution in [1.29, 1.82) is 0 Å². The maximum Gasteiger partial charge on any atom is 0.268 e. The first-order valence-corrected chi connectivity index (χ1v) is 10.9. The highest BCUT2D eigenvalue weighted by atomic mass is 35.5. The van der Waals surface area contributed by atoms with E-state index >= 15 is 0 Å². The summed E-state index contributed by atoms with van der Waals surface area (Å²) < 4.78 is 40.3. The zero-order chi connectivity index (χ0) is 21.3. The van der Waals surface area contributed by atoms with Crippen molar-refractivity contribution >= 4 is 27.5 Å². The van der Waals surface area contributed by atoms with Crippen LogP contribution in [0.15, 0.2) is 53.7 Å².